The Hall–Kier alpha value is -0.340. The molecule has 2 nitrogen and oxygen atoms in total. The zero-order valence-corrected chi connectivity index (χ0v) is 5.47. The van der Waals surface area contributed by atoms with Crippen molar-refractivity contribution in [2.24, 2.45) is 0 Å². The average molecular weight is 128 g/mol. The van der Waals surface area contributed by atoms with Gasteiger partial charge >= 0.3 is 0 Å². The molecule has 1 atom stereocenters. The molecule has 0 radical (unpaired) electrons. The Labute approximate surface area is 55.1 Å². The molecule has 0 aromatic carbocycles. The molecule has 0 aliphatic carbocycles. The lowest BCUT2D eigenvalue weighted by molar-refractivity contribution is 0.0294. The molecule has 1 rings (SSSR count). The first-order valence-corrected chi connectivity index (χ1v) is 3.18. The Morgan fingerprint density at radius 3 is 3.00 bits per heavy atom. The molecule has 1 aliphatic heterocycles. The van der Waals surface area contributed by atoms with Crippen LogP contribution in [0.4, 0.5) is 0 Å². The van der Waals surface area contributed by atoms with E-state index in [1.165, 1.54) is 0 Å². The highest BCUT2D eigenvalue weighted by atomic mass is 16.5. The van der Waals surface area contributed by atoms with Gasteiger partial charge in [-0.2, -0.15) is 0 Å². The molecule has 1 heterocycles. The SMILES string of the molecule is C=CC[C@]1(O)CCOC1. The van der Waals surface area contributed by atoms with Gasteiger partial charge in [0.2, 0.25) is 0 Å². The Bertz CT molecular complexity index is 103. The van der Waals surface area contributed by atoms with E-state index < -0.39 is 5.60 Å². The fourth-order valence-electron chi connectivity index (χ4n) is 1.03. The first-order valence-electron chi connectivity index (χ1n) is 3.18. The van der Waals surface area contributed by atoms with Crippen LogP contribution in [0.5, 0.6) is 0 Å². The van der Waals surface area contributed by atoms with Gasteiger partial charge in [-0.1, -0.05) is 6.08 Å². The summed E-state index contributed by atoms with van der Waals surface area (Å²) in [6.07, 6.45) is 3.13. The van der Waals surface area contributed by atoms with E-state index in [-0.39, 0.29) is 0 Å². The Morgan fingerprint density at radius 1 is 1.78 bits per heavy atom. The highest BCUT2D eigenvalue weighted by Crippen LogP contribution is 2.21. The minimum Gasteiger partial charge on any atom is -0.387 e. The lowest BCUT2D eigenvalue weighted by Crippen LogP contribution is -2.27. The molecule has 1 fully saturated rings. The number of aliphatic hydroxyl groups is 1. The predicted molar refractivity (Wildman–Crippen MR) is 35.2 cm³/mol. The zero-order chi connectivity index (χ0) is 6.74. The number of hydrogen-bond acceptors (Lipinski definition) is 2. The standard InChI is InChI=1S/C7H12O2/c1-2-3-7(8)4-5-9-6-7/h2,8H,1,3-6H2/t7-/m0/s1. The van der Waals surface area contributed by atoms with Gasteiger partial charge in [-0.15, -0.1) is 6.58 Å². The van der Waals surface area contributed by atoms with E-state index in [9.17, 15) is 5.11 Å². The van der Waals surface area contributed by atoms with Crippen LogP contribution in [0.2, 0.25) is 0 Å². The van der Waals surface area contributed by atoms with Crippen molar-refractivity contribution in [3.63, 3.8) is 0 Å². The molecule has 0 unspecified atom stereocenters. The average Bonchev–Trinajstić information content (AvgIpc) is 2.16. The van der Waals surface area contributed by atoms with Crippen LogP contribution in [-0.4, -0.2) is 23.9 Å². The summed E-state index contributed by atoms with van der Waals surface area (Å²) < 4.78 is 5.01. The first-order chi connectivity index (χ1) is 4.27. The fourth-order valence-corrected chi connectivity index (χ4v) is 1.03. The molecular formula is C7H12O2. The molecule has 2 heteroatoms. The topological polar surface area (TPSA) is 29.5 Å². The molecule has 0 amide bonds. The molecule has 0 bridgehead atoms. The maximum absolute atomic E-state index is 9.50. The molecule has 1 N–H and O–H groups in total. The summed E-state index contributed by atoms with van der Waals surface area (Å²) in [7, 11) is 0. The zero-order valence-electron chi connectivity index (χ0n) is 5.47. The predicted octanol–water partition coefficient (Wildman–Crippen LogP) is 0.714. The molecular weight excluding hydrogens is 116 g/mol. The number of rotatable bonds is 2. The van der Waals surface area contributed by atoms with E-state index in [1.54, 1.807) is 6.08 Å². The molecule has 52 valence electrons. The lowest BCUT2D eigenvalue weighted by Gasteiger charge is -2.16. The molecule has 0 saturated carbocycles. The van der Waals surface area contributed by atoms with E-state index in [2.05, 4.69) is 6.58 Å². The normalized spacial score (nSPS) is 34.8. The van der Waals surface area contributed by atoms with Gasteiger partial charge in [-0.05, 0) is 6.42 Å². The van der Waals surface area contributed by atoms with Gasteiger partial charge in [-0.3, -0.25) is 0 Å². The second-order valence-corrected chi connectivity index (χ2v) is 2.52. The van der Waals surface area contributed by atoms with E-state index >= 15 is 0 Å². The molecule has 0 spiro atoms. The molecule has 1 aliphatic rings. The summed E-state index contributed by atoms with van der Waals surface area (Å²) in [6.45, 7) is 4.71. The molecule has 1 saturated heterocycles. The van der Waals surface area contributed by atoms with E-state index in [1.807, 2.05) is 0 Å². The van der Waals surface area contributed by atoms with Crippen LogP contribution < -0.4 is 0 Å². The summed E-state index contributed by atoms with van der Waals surface area (Å²) in [5, 5.41) is 9.50. The summed E-state index contributed by atoms with van der Waals surface area (Å²) in [4.78, 5) is 0. The summed E-state index contributed by atoms with van der Waals surface area (Å²) in [5.74, 6) is 0. The van der Waals surface area contributed by atoms with Crippen LogP contribution in [0.15, 0.2) is 12.7 Å². The van der Waals surface area contributed by atoms with Crippen LogP contribution >= 0.6 is 0 Å². The number of ether oxygens (including phenoxy) is 1. The van der Waals surface area contributed by atoms with Gasteiger partial charge in [0.25, 0.3) is 0 Å². The molecule has 0 aromatic rings. The Balaban J connectivity index is 2.40. The van der Waals surface area contributed by atoms with Crippen molar-refractivity contribution < 1.29 is 9.84 Å². The highest BCUT2D eigenvalue weighted by molar-refractivity contribution is 4.89. The van der Waals surface area contributed by atoms with E-state index in [4.69, 9.17) is 4.74 Å². The van der Waals surface area contributed by atoms with Crippen molar-refractivity contribution in [2.75, 3.05) is 13.2 Å². The maximum atomic E-state index is 9.50. The van der Waals surface area contributed by atoms with E-state index in [0.717, 1.165) is 6.42 Å². The molecule has 0 aromatic heterocycles. The number of hydrogen-bond donors (Lipinski definition) is 1. The largest absolute Gasteiger partial charge is 0.387 e. The van der Waals surface area contributed by atoms with Crippen molar-refractivity contribution in [3.05, 3.63) is 12.7 Å². The summed E-state index contributed by atoms with van der Waals surface area (Å²) >= 11 is 0. The van der Waals surface area contributed by atoms with Crippen LogP contribution in [0, 0.1) is 0 Å². The second-order valence-electron chi connectivity index (χ2n) is 2.52. The van der Waals surface area contributed by atoms with Gasteiger partial charge in [0.05, 0.1) is 12.2 Å². The van der Waals surface area contributed by atoms with Gasteiger partial charge in [-0.25, -0.2) is 0 Å². The van der Waals surface area contributed by atoms with Gasteiger partial charge in [0.1, 0.15) is 0 Å². The van der Waals surface area contributed by atoms with Crippen LogP contribution in [0.25, 0.3) is 0 Å². The van der Waals surface area contributed by atoms with Crippen LogP contribution in [-0.2, 0) is 4.74 Å². The van der Waals surface area contributed by atoms with Gasteiger partial charge in [0.15, 0.2) is 0 Å². The van der Waals surface area contributed by atoms with Crippen molar-refractivity contribution in [1.82, 2.24) is 0 Å². The lowest BCUT2D eigenvalue weighted by atomic mass is 10.00. The third-order valence-electron chi connectivity index (χ3n) is 1.61. The fraction of sp³-hybridized carbons (Fsp3) is 0.714. The van der Waals surface area contributed by atoms with Crippen LogP contribution in [0.1, 0.15) is 12.8 Å². The van der Waals surface area contributed by atoms with Crippen molar-refractivity contribution in [2.45, 2.75) is 18.4 Å². The third kappa shape index (κ3) is 1.53. The van der Waals surface area contributed by atoms with Crippen molar-refractivity contribution in [1.29, 1.82) is 0 Å². The van der Waals surface area contributed by atoms with Crippen LogP contribution in [0.3, 0.4) is 0 Å². The van der Waals surface area contributed by atoms with Gasteiger partial charge < -0.3 is 9.84 Å². The summed E-state index contributed by atoms with van der Waals surface area (Å²) in [6, 6.07) is 0. The quantitative estimate of drug-likeness (QED) is 0.555. The van der Waals surface area contributed by atoms with Gasteiger partial charge in [0, 0.05) is 13.0 Å². The minimum absolute atomic E-state index is 0.471. The van der Waals surface area contributed by atoms with Crippen molar-refractivity contribution in [3.8, 4) is 0 Å². The summed E-state index contributed by atoms with van der Waals surface area (Å²) in [5.41, 5.74) is -0.595. The third-order valence-corrected chi connectivity index (χ3v) is 1.61. The second kappa shape index (κ2) is 2.50. The van der Waals surface area contributed by atoms with Crippen molar-refractivity contribution >= 4 is 0 Å². The Morgan fingerprint density at radius 2 is 2.56 bits per heavy atom. The van der Waals surface area contributed by atoms with E-state index in [0.29, 0.717) is 19.6 Å². The highest BCUT2D eigenvalue weighted by Gasteiger charge is 2.30. The molecule has 9 heavy (non-hydrogen) atoms. The minimum atomic E-state index is -0.595. The maximum Gasteiger partial charge on any atom is 0.0936 e. The monoisotopic (exact) mass is 128 g/mol. The first kappa shape index (κ1) is 6.78. The smallest absolute Gasteiger partial charge is 0.0936 e. The Kier molecular flexibility index (Phi) is 1.88.